The molecule has 0 bridgehead atoms. The number of benzene rings is 1. The summed E-state index contributed by atoms with van der Waals surface area (Å²) in [7, 11) is 0. The first-order chi connectivity index (χ1) is 7.94. The molecular formula is C15H23FO. The largest absolute Gasteiger partial charge is 0.390 e. The van der Waals surface area contributed by atoms with Gasteiger partial charge < -0.3 is 5.11 Å². The topological polar surface area (TPSA) is 20.2 Å². The Morgan fingerprint density at radius 2 is 2.00 bits per heavy atom. The molecule has 0 aliphatic rings. The molecule has 0 aliphatic heterocycles. The van der Waals surface area contributed by atoms with Gasteiger partial charge in [-0.15, -0.1) is 0 Å². The highest BCUT2D eigenvalue weighted by atomic mass is 19.1. The van der Waals surface area contributed by atoms with Gasteiger partial charge >= 0.3 is 0 Å². The molecule has 96 valence electrons. The third-order valence-electron chi connectivity index (χ3n) is 3.10. The summed E-state index contributed by atoms with van der Waals surface area (Å²) in [4.78, 5) is 0. The Morgan fingerprint density at radius 1 is 1.35 bits per heavy atom. The van der Waals surface area contributed by atoms with Crippen LogP contribution in [-0.4, -0.2) is 10.7 Å². The Morgan fingerprint density at radius 3 is 2.59 bits per heavy atom. The third kappa shape index (κ3) is 4.86. The van der Waals surface area contributed by atoms with E-state index in [1.165, 1.54) is 6.07 Å². The molecule has 0 saturated carbocycles. The zero-order valence-electron chi connectivity index (χ0n) is 11.0. The van der Waals surface area contributed by atoms with Crippen LogP contribution >= 0.6 is 0 Å². The molecule has 1 aromatic rings. The molecule has 2 heteroatoms. The van der Waals surface area contributed by atoms with E-state index >= 15 is 0 Å². The van der Waals surface area contributed by atoms with Crippen molar-refractivity contribution < 1.29 is 9.50 Å². The van der Waals surface area contributed by atoms with Gasteiger partial charge in [-0.05, 0) is 30.9 Å². The zero-order valence-corrected chi connectivity index (χ0v) is 11.0. The Balaban J connectivity index is 2.63. The average Bonchev–Trinajstić information content (AvgIpc) is 2.20. The van der Waals surface area contributed by atoms with E-state index in [9.17, 15) is 9.50 Å². The van der Waals surface area contributed by atoms with Gasteiger partial charge in [0.15, 0.2) is 0 Å². The van der Waals surface area contributed by atoms with E-state index in [0.717, 1.165) is 19.3 Å². The van der Waals surface area contributed by atoms with Crippen LogP contribution in [0.4, 0.5) is 4.39 Å². The maximum Gasteiger partial charge on any atom is 0.126 e. The van der Waals surface area contributed by atoms with Crippen molar-refractivity contribution in [2.45, 2.75) is 52.1 Å². The van der Waals surface area contributed by atoms with Crippen molar-refractivity contribution in [1.82, 2.24) is 0 Å². The van der Waals surface area contributed by atoms with E-state index in [1.54, 1.807) is 19.1 Å². The normalized spacial score (nSPS) is 16.5. The predicted molar refractivity (Wildman–Crippen MR) is 69.4 cm³/mol. The Labute approximate surface area is 104 Å². The summed E-state index contributed by atoms with van der Waals surface area (Å²) in [6, 6.07) is 6.67. The van der Waals surface area contributed by atoms with Gasteiger partial charge in [0.2, 0.25) is 0 Å². The van der Waals surface area contributed by atoms with Gasteiger partial charge in [0.1, 0.15) is 5.82 Å². The lowest BCUT2D eigenvalue weighted by atomic mass is 9.86. The second-order valence-corrected chi connectivity index (χ2v) is 5.36. The molecule has 1 N–H and O–H groups in total. The summed E-state index contributed by atoms with van der Waals surface area (Å²) >= 11 is 0. The Hall–Kier alpha value is -0.890. The minimum atomic E-state index is -0.823. The molecule has 17 heavy (non-hydrogen) atoms. The van der Waals surface area contributed by atoms with E-state index in [1.807, 2.05) is 6.07 Å². The second-order valence-electron chi connectivity index (χ2n) is 5.36. The van der Waals surface area contributed by atoms with E-state index in [4.69, 9.17) is 0 Å². The number of rotatable bonds is 6. The number of hydrogen-bond acceptors (Lipinski definition) is 1. The first kappa shape index (κ1) is 14.2. The smallest absolute Gasteiger partial charge is 0.126 e. The van der Waals surface area contributed by atoms with Crippen molar-refractivity contribution in [3.05, 3.63) is 35.6 Å². The highest BCUT2D eigenvalue weighted by Crippen LogP contribution is 2.25. The molecule has 0 heterocycles. The lowest BCUT2D eigenvalue weighted by molar-refractivity contribution is 0.0344. The summed E-state index contributed by atoms with van der Waals surface area (Å²) in [6.07, 6.45) is 3.33. The summed E-state index contributed by atoms with van der Waals surface area (Å²) in [5.74, 6) is 0.248. The van der Waals surface area contributed by atoms with Gasteiger partial charge in [-0.2, -0.15) is 0 Å². The molecule has 1 rings (SSSR count). The summed E-state index contributed by atoms with van der Waals surface area (Å²) < 4.78 is 13.5. The number of halogens is 1. The molecule has 0 aliphatic carbocycles. The number of hydrogen-bond donors (Lipinski definition) is 1. The highest BCUT2D eigenvalue weighted by Gasteiger charge is 2.24. The van der Waals surface area contributed by atoms with Crippen LogP contribution in [0.3, 0.4) is 0 Å². The average molecular weight is 238 g/mol. The molecule has 0 radical (unpaired) electrons. The van der Waals surface area contributed by atoms with E-state index in [-0.39, 0.29) is 5.82 Å². The fraction of sp³-hybridized carbons (Fsp3) is 0.600. The van der Waals surface area contributed by atoms with Crippen molar-refractivity contribution in [2.75, 3.05) is 0 Å². The summed E-state index contributed by atoms with van der Waals surface area (Å²) in [5, 5.41) is 10.3. The van der Waals surface area contributed by atoms with Crippen LogP contribution in [0.25, 0.3) is 0 Å². The summed E-state index contributed by atoms with van der Waals surface area (Å²) in [5.41, 5.74) is -0.224. The van der Waals surface area contributed by atoms with Crippen LogP contribution in [0.15, 0.2) is 24.3 Å². The molecule has 1 aromatic carbocycles. The van der Waals surface area contributed by atoms with E-state index in [0.29, 0.717) is 17.9 Å². The van der Waals surface area contributed by atoms with Crippen molar-refractivity contribution >= 4 is 0 Å². The fourth-order valence-electron chi connectivity index (χ4n) is 2.47. The SMILES string of the molecule is CCCC(C)CC(C)(O)Cc1ccccc1F. The van der Waals surface area contributed by atoms with Gasteiger partial charge in [-0.1, -0.05) is 44.9 Å². The third-order valence-corrected chi connectivity index (χ3v) is 3.10. The Bertz CT molecular complexity index is 347. The molecule has 2 unspecified atom stereocenters. The minimum absolute atomic E-state index is 0.226. The number of aliphatic hydroxyl groups is 1. The van der Waals surface area contributed by atoms with E-state index < -0.39 is 5.60 Å². The van der Waals surface area contributed by atoms with Crippen LogP contribution in [0.5, 0.6) is 0 Å². The monoisotopic (exact) mass is 238 g/mol. The lowest BCUT2D eigenvalue weighted by Crippen LogP contribution is -2.30. The quantitative estimate of drug-likeness (QED) is 0.795. The first-order valence-corrected chi connectivity index (χ1v) is 6.40. The molecule has 0 amide bonds. The molecule has 0 spiro atoms. The maximum absolute atomic E-state index is 13.5. The van der Waals surface area contributed by atoms with Gasteiger partial charge in [0.05, 0.1) is 5.60 Å². The van der Waals surface area contributed by atoms with Crippen molar-refractivity contribution in [3.8, 4) is 0 Å². The molecule has 0 saturated heterocycles. The molecule has 0 aromatic heterocycles. The Kier molecular flexibility index (Phi) is 5.13. The van der Waals surface area contributed by atoms with Crippen LogP contribution in [0.2, 0.25) is 0 Å². The second kappa shape index (κ2) is 6.15. The molecular weight excluding hydrogens is 215 g/mol. The van der Waals surface area contributed by atoms with Gasteiger partial charge in [-0.3, -0.25) is 0 Å². The standard InChI is InChI=1S/C15H23FO/c1-4-7-12(2)10-15(3,17)11-13-8-5-6-9-14(13)16/h5-6,8-9,12,17H,4,7,10-11H2,1-3H3. The van der Waals surface area contributed by atoms with Crippen LogP contribution in [0.1, 0.15) is 45.6 Å². The molecule has 1 nitrogen and oxygen atoms in total. The van der Waals surface area contributed by atoms with E-state index in [2.05, 4.69) is 13.8 Å². The van der Waals surface area contributed by atoms with Crippen LogP contribution in [0, 0.1) is 11.7 Å². The fourth-order valence-corrected chi connectivity index (χ4v) is 2.47. The van der Waals surface area contributed by atoms with Gasteiger partial charge in [0.25, 0.3) is 0 Å². The summed E-state index contributed by atoms with van der Waals surface area (Å²) in [6.45, 7) is 6.08. The van der Waals surface area contributed by atoms with Crippen molar-refractivity contribution in [3.63, 3.8) is 0 Å². The maximum atomic E-state index is 13.5. The lowest BCUT2D eigenvalue weighted by Gasteiger charge is -2.27. The zero-order chi connectivity index (χ0) is 12.9. The van der Waals surface area contributed by atoms with Crippen LogP contribution < -0.4 is 0 Å². The minimum Gasteiger partial charge on any atom is -0.390 e. The molecule has 0 fully saturated rings. The van der Waals surface area contributed by atoms with Gasteiger partial charge in [0, 0.05) is 6.42 Å². The predicted octanol–water partition coefficient (Wildman–Crippen LogP) is 3.95. The van der Waals surface area contributed by atoms with Crippen LogP contribution in [-0.2, 0) is 6.42 Å². The molecule has 2 atom stereocenters. The van der Waals surface area contributed by atoms with Gasteiger partial charge in [-0.25, -0.2) is 4.39 Å². The first-order valence-electron chi connectivity index (χ1n) is 6.40. The highest BCUT2D eigenvalue weighted by molar-refractivity contribution is 5.19. The van der Waals surface area contributed by atoms with Crippen molar-refractivity contribution in [2.24, 2.45) is 5.92 Å². The van der Waals surface area contributed by atoms with Crippen molar-refractivity contribution in [1.29, 1.82) is 0 Å².